The van der Waals surface area contributed by atoms with E-state index in [1.165, 1.54) is 0 Å². The minimum absolute atomic E-state index is 0.143. The standard InChI is InChI=1S/C14H12BrN3S/c1-9(10-3-2-6-16-8-10)18-13-7-11(15)4-5-12(13)17-14(18)19/h2-9H,1H3,(H,17,19). The predicted octanol–water partition coefficient (Wildman–Crippen LogP) is 4.47. The molecule has 0 aliphatic heterocycles. The number of hydrogen-bond acceptors (Lipinski definition) is 2. The predicted molar refractivity (Wildman–Crippen MR) is 82.9 cm³/mol. The summed E-state index contributed by atoms with van der Waals surface area (Å²) in [7, 11) is 0. The number of H-pyrrole nitrogens is 1. The first-order valence-corrected chi connectivity index (χ1v) is 7.16. The van der Waals surface area contributed by atoms with E-state index in [0.29, 0.717) is 0 Å². The fourth-order valence-electron chi connectivity index (χ4n) is 2.25. The number of hydrogen-bond donors (Lipinski definition) is 1. The number of aromatic amines is 1. The van der Waals surface area contributed by atoms with Crippen molar-refractivity contribution >= 4 is 39.2 Å². The van der Waals surface area contributed by atoms with Crippen LogP contribution in [0.4, 0.5) is 0 Å². The van der Waals surface area contributed by atoms with Gasteiger partial charge in [0.15, 0.2) is 4.77 Å². The summed E-state index contributed by atoms with van der Waals surface area (Å²) in [6.07, 6.45) is 3.66. The van der Waals surface area contributed by atoms with E-state index >= 15 is 0 Å². The smallest absolute Gasteiger partial charge is 0.178 e. The van der Waals surface area contributed by atoms with Crippen LogP contribution in [0.5, 0.6) is 0 Å². The summed E-state index contributed by atoms with van der Waals surface area (Å²) < 4.78 is 3.89. The number of halogens is 1. The van der Waals surface area contributed by atoms with Crippen molar-refractivity contribution in [3.63, 3.8) is 0 Å². The average Bonchev–Trinajstić information content (AvgIpc) is 2.74. The first-order chi connectivity index (χ1) is 9.16. The summed E-state index contributed by atoms with van der Waals surface area (Å²) in [5.74, 6) is 0. The Kier molecular flexibility index (Phi) is 3.24. The molecule has 0 aliphatic carbocycles. The van der Waals surface area contributed by atoms with Gasteiger partial charge in [-0.05, 0) is 49.0 Å². The lowest BCUT2D eigenvalue weighted by molar-refractivity contribution is 0.646. The van der Waals surface area contributed by atoms with Crippen molar-refractivity contribution in [2.24, 2.45) is 0 Å². The first-order valence-electron chi connectivity index (χ1n) is 5.96. The Balaban J connectivity index is 2.22. The molecule has 1 atom stereocenters. The normalized spacial score (nSPS) is 12.7. The summed E-state index contributed by atoms with van der Waals surface area (Å²) in [6.45, 7) is 2.13. The van der Waals surface area contributed by atoms with E-state index in [2.05, 4.69) is 49.5 Å². The Morgan fingerprint density at radius 2 is 2.21 bits per heavy atom. The largest absolute Gasteiger partial charge is 0.331 e. The van der Waals surface area contributed by atoms with E-state index in [1.807, 2.05) is 24.4 Å². The molecule has 0 saturated heterocycles. The molecule has 96 valence electrons. The van der Waals surface area contributed by atoms with Crippen molar-refractivity contribution in [2.75, 3.05) is 0 Å². The maximum absolute atomic E-state index is 5.44. The molecule has 0 saturated carbocycles. The second kappa shape index (κ2) is 4.90. The van der Waals surface area contributed by atoms with Crippen LogP contribution in [0.15, 0.2) is 47.2 Å². The summed E-state index contributed by atoms with van der Waals surface area (Å²) in [6, 6.07) is 10.3. The number of rotatable bonds is 2. The van der Waals surface area contributed by atoms with Crippen molar-refractivity contribution in [2.45, 2.75) is 13.0 Å². The molecule has 2 heterocycles. The third kappa shape index (κ3) is 2.24. The molecular formula is C14H12BrN3S. The van der Waals surface area contributed by atoms with Gasteiger partial charge in [0.2, 0.25) is 0 Å². The zero-order valence-electron chi connectivity index (χ0n) is 10.3. The highest BCUT2D eigenvalue weighted by atomic mass is 79.9. The van der Waals surface area contributed by atoms with Gasteiger partial charge in [0, 0.05) is 16.9 Å². The van der Waals surface area contributed by atoms with Gasteiger partial charge in [-0.1, -0.05) is 22.0 Å². The Morgan fingerprint density at radius 3 is 2.95 bits per heavy atom. The minimum Gasteiger partial charge on any atom is -0.331 e. The van der Waals surface area contributed by atoms with Gasteiger partial charge in [0.05, 0.1) is 17.1 Å². The second-order valence-corrected chi connectivity index (χ2v) is 5.73. The van der Waals surface area contributed by atoms with Crippen molar-refractivity contribution in [3.8, 4) is 0 Å². The number of nitrogens with zero attached hydrogens (tertiary/aromatic N) is 2. The SMILES string of the molecule is CC(c1cccnc1)n1c(=S)[nH]c2ccc(Br)cc21. The Morgan fingerprint density at radius 1 is 1.37 bits per heavy atom. The third-order valence-electron chi connectivity index (χ3n) is 3.23. The molecule has 1 N–H and O–H groups in total. The van der Waals surface area contributed by atoms with Crippen LogP contribution in [0.25, 0.3) is 11.0 Å². The lowest BCUT2D eigenvalue weighted by atomic mass is 10.1. The zero-order valence-corrected chi connectivity index (χ0v) is 12.7. The highest BCUT2D eigenvalue weighted by Gasteiger charge is 2.13. The van der Waals surface area contributed by atoms with Crippen LogP contribution in [0.1, 0.15) is 18.5 Å². The molecule has 3 aromatic rings. The van der Waals surface area contributed by atoms with Gasteiger partial charge in [-0.2, -0.15) is 0 Å². The molecule has 0 bridgehead atoms. The van der Waals surface area contributed by atoms with Gasteiger partial charge in [-0.3, -0.25) is 4.98 Å². The fraction of sp³-hybridized carbons (Fsp3) is 0.143. The molecule has 0 spiro atoms. The van der Waals surface area contributed by atoms with Gasteiger partial charge in [-0.25, -0.2) is 0 Å². The number of aromatic nitrogens is 3. The fourth-order valence-corrected chi connectivity index (χ4v) is 2.97. The van der Waals surface area contributed by atoms with Gasteiger partial charge in [0.25, 0.3) is 0 Å². The van der Waals surface area contributed by atoms with Crippen LogP contribution in [-0.2, 0) is 0 Å². The van der Waals surface area contributed by atoms with Gasteiger partial charge in [-0.15, -0.1) is 0 Å². The second-order valence-electron chi connectivity index (χ2n) is 4.42. The Labute approximate surface area is 124 Å². The van der Waals surface area contributed by atoms with Crippen LogP contribution < -0.4 is 0 Å². The van der Waals surface area contributed by atoms with Crippen LogP contribution >= 0.6 is 28.1 Å². The minimum atomic E-state index is 0.143. The van der Waals surface area contributed by atoms with Crippen LogP contribution in [0, 0.1) is 4.77 Å². The first kappa shape index (κ1) is 12.6. The van der Waals surface area contributed by atoms with E-state index in [0.717, 1.165) is 25.8 Å². The number of imidazole rings is 1. The van der Waals surface area contributed by atoms with Crippen molar-refractivity contribution in [1.82, 2.24) is 14.5 Å². The zero-order chi connectivity index (χ0) is 13.4. The summed E-state index contributed by atoms with van der Waals surface area (Å²) >= 11 is 8.95. The molecule has 0 amide bonds. The van der Waals surface area contributed by atoms with Crippen molar-refractivity contribution in [1.29, 1.82) is 0 Å². The van der Waals surface area contributed by atoms with E-state index in [9.17, 15) is 0 Å². The molecule has 5 heteroatoms. The number of pyridine rings is 1. The lowest BCUT2D eigenvalue weighted by Crippen LogP contribution is -2.06. The van der Waals surface area contributed by atoms with Crippen molar-refractivity contribution < 1.29 is 0 Å². The maximum Gasteiger partial charge on any atom is 0.178 e. The lowest BCUT2D eigenvalue weighted by Gasteiger charge is -2.14. The molecule has 19 heavy (non-hydrogen) atoms. The highest BCUT2D eigenvalue weighted by molar-refractivity contribution is 9.10. The monoisotopic (exact) mass is 333 g/mol. The average molecular weight is 334 g/mol. The molecule has 0 fully saturated rings. The Hall–Kier alpha value is -1.46. The summed E-state index contributed by atoms with van der Waals surface area (Å²) in [5, 5.41) is 0. The van der Waals surface area contributed by atoms with Gasteiger partial charge < -0.3 is 9.55 Å². The summed E-state index contributed by atoms with van der Waals surface area (Å²) in [4.78, 5) is 7.42. The molecule has 3 rings (SSSR count). The van der Waals surface area contributed by atoms with Crippen molar-refractivity contribution in [3.05, 3.63) is 57.5 Å². The van der Waals surface area contributed by atoms with Crippen LogP contribution in [-0.4, -0.2) is 14.5 Å². The van der Waals surface area contributed by atoms with Crippen LogP contribution in [0.3, 0.4) is 0 Å². The van der Waals surface area contributed by atoms with Crippen LogP contribution in [0.2, 0.25) is 0 Å². The third-order valence-corrected chi connectivity index (χ3v) is 4.03. The molecule has 0 radical (unpaired) electrons. The number of benzene rings is 1. The van der Waals surface area contributed by atoms with E-state index < -0.39 is 0 Å². The van der Waals surface area contributed by atoms with E-state index in [4.69, 9.17) is 12.2 Å². The highest BCUT2D eigenvalue weighted by Crippen LogP contribution is 2.26. The van der Waals surface area contributed by atoms with Gasteiger partial charge in [0.1, 0.15) is 0 Å². The molecule has 2 aromatic heterocycles. The maximum atomic E-state index is 5.44. The van der Waals surface area contributed by atoms with E-state index in [-0.39, 0.29) is 6.04 Å². The number of nitrogens with one attached hydrogen (secondary N) is 1. The Bertz CT molecular complexity index is 776. The van der Waals surface area contributed by atoms with E-state index in [1.54, 1.807) is 6.20 Å². The molecule has 3 nitrogen and oxygen atoms in total. The molecular weight excluding hydrogens is 322 g/mol. The molecule has 1 unspecified atom stereocenters. The quantitative estimate of drug-likeness (QED) is 0.702. The summed E-state index contributed by atoms with van der Waals surface area (Å²) in [5.41, 5.74) is 3.28. The number of fused-ring (bicyclic) bond motifs is 1. The van der Waals surface area contributed by atoms with Gasteiger partial charge >= 0.3 is 0 Å². The molecule has 0 aliphatic rings. The molecule has 1 aromatic carbocycles. The topological polar surface area (TPSA) is 33.6 Å².